The van der Waals surface area contributed by atoms with E-state index in [1.54, 1.807) is 12.1 Å². The normalized spacial score (nSPS) is 11.3. The van der Waals surface area contributed by atoms with Crippen LogP contribution in [0.15, 0.2) is 24.3 Å². The maximum absolute atomic E-state index is 9.04. The molecule has 0 spiro atoms. The predicted molar refractivity (Wildman–Crippen MR) is 49.1 cm³/mol. The summed E-state index contributed by atoms with van der Waals surface area (Å²) in [6, 6.07) is 7.22. The molecule has 0 fully saturated rings. The molecule has 0 saturated heterocycles. The molecule has 1 aromatic carbocycles. The van der Waals surface area contributed by atoms with Gasteiger partial charge < -0.3 is 0 Å². The Morgan fingerprint density at radius 3 is 2.33 bits per heavy atom. The van der Waals surface area contributed by atoms with Gasteiger partial charge in [0.2, 0.25) is 0 Å². The molecule has 2 N–H and O–H groups in total. The van der Waals surface area contributed by atoms with Crippen molar-refractivity contribution in [1.29, 1.82) is 0 Å². The van der Waals surface area contributed by atoms with E-state index in [-0.39, 0.29) is 0 Å². The van der Waals surface area contributed by atoms with Gasteiger partial charge in [-0.1, -0.05) is 18.2 Å². The van der Waals surface area contributed by atoms with E-state index < -0.39 is 7.94 Å². The van der Waals surface area contributed by atoms with Gasteiger partial charge in [-0.3, -0.25) is 4.52 Å². The van der Waals surface area contributed by atoms with Gasteiger partial charge in [0.25, 0.3) is 0 Å². The van der Waals surface area contributed by atoms with Crippen molar-refractivity contribution in [1.82, 2.24) is 0 Å². The molecule has 0 radical (unpaired) electrons. The summed E-state index contributed by atoms with van der Waals surface area (Å²) in [5.41, 5.74) is 0.895. The van der Waals surface area contributed by atoms with Crippen LogP contribution < -0.4 is 4.52 Å². The minimum absolute atomic E-state index is 0.526. The summed E-state index contributed by atoms with van der Waals surface area (Å²) in [4.78, 5) is 18.1. The molecule has 0 aliphatic heterocycles. The molecular weight excluding hydrogens is 175 g/mol. The Morgan fingerprint density at radius 2 is 1.83 bits per heavy atom. The first-order valence-corrected chi connectivity index (χ1v) is 5.62. The molecule has 0 saturated carbocycles. The van der Waals surface area contributed by atoms with Crippen LogP contribution in [0.1, 0.15) is 5.56 Å². The van der Waals surface area contributed by atoms with E-state index in [0.29, 0.717) is 5.75 Å². The summed E-state index contributed by atoms with van der Waals surface area (Å²) in [7, 11) is -3.16. The van der Waals surface area contributed by atoms with Crippen molar-refractivity contribution in [2.75, 3.05) is 6.66 Å². The number of para-hydroxylation sites is 1. The number of hydrogen-bond donors (Lipinski definition) is 2. The second-order valence-electron chi connectivity index (χ2n) is 2.69. The zero-order valence-electron chi connectivity index (χ0n) is 7.06. The van der Waals surface area contributed by atoms with E-state index in [4.69, 9.17) is 14.3 Å². The van der Waals surface area contributed by atoms with E-state index in [1.807, 2.05) is 19.1 Å². The first kappa shape index (κ1) is 9.46. The topological polar surface area (TPSA) is 49.7 Å². The van der Waals surface area contributed by atoms with Crippen LogP contribution in [0.4, 0.5) is 0 Å². The Balaban J connectivity index is 2.83. The zero-order valence-corrected chi connectivity index (χ0v) is 7.95. The van der Waals surface area contributed by atoms with E-state index in [1.165, 1.54) is 6.66 Å². The van der Waals surface area contributed by atoms with Gasteiger partial charge >= 0.3 is 7.94 Å². The number of hydrogen-bond acceptors (Lipinski definition) is 3. The van der Waals surface area contributed by atoms with Crippen LogP contribution in [0.3, 0.4) is 0 Å². The molecule has 0 atom stereocenters. The van der Waals surface area contributed by atoms with Crippen molar-refractivity contribution in [2.45, 2.75) is 6.92 Å². The van der Waals surface area contributed by atoms with Gasteiger partial charge in [-0.25, -0.2) is 0 Å². The third kappa shape index (κ3) is 2.78. The van der Waals surface area contributed by atoms with Gasteiger partial charge in [0.15, 0.2) is 5.75 Å². The van der Waals surface area contributed by atoms with Gasteiger partial charge in [0.05, 0.1) is 0 Å². The molecule has 0 aliphatic rings. The average molecular weight is 187 g/mol. The molecule has 0 heterocycles. The fraction of sp³-hybridized carbons (Fsp3) is 0.250. The molecule has 1 rings (SSSR count). The maximum atomic E-state index is 9.04. The van der Waals surface area contributed by atoms with E-state index >= 15 is 0 Å². The molecule has 0 aromatic heterocycles. The SMILES string of the molecule is Cc1ccccc1O[P+](C)(O)O. The van der Waals surface area contributed by atoms with E-state index in [2.05, 4.69) is 0 Å². The lowest BCUT2D eigenvalue weighted by atomic mass is 10.2. The van der Waals surface area contributed by atoms with Crippen LogP contribution in [0.5, 0.6) is 5.75 Å². The Labute approximate surface area is 72.2 Å². The fourth-order valence-electron chi connectivity index (χ4n) is 0.845. The lowest BCUT2D eigenvalue weighted by Gasteiger charge is -2.08. The van der Waals surface area contributed by atoms with Gasteiger partial charge in [0.1, 0.15) is 6.66 Å². The molecule has 66 valence electrons. The molecule has 3 nitrogen and oxygen atoms in total. The lowest BCUT2D eigenvalue weighted by Crippen LogP contribution is -1.97. The molecule has 0 aliphatic carbocycles. The van der Waals surface area contributed by atoms with Gasteiger partial charge in [0, 0.05) is 0 Å². The molecule has 0 amide bonds. The smallest absolute Gasteiger partial charge is 0.287 e. The minimum atomic E-state index is -3.16. The molecule has 4 heteroatoms. The molecule has 0 unspecified atom stereocenters. The fourth-order valence-corrected chi connectivity index (χ4v) is 1.42. The zero-order chi connectivity index (χ0) is 9.19. The number of aryl methyl sites for hydroxylation is 1. The third-order valence-corrected chi connectivity index (χ3v) is 1.91. The monoisotopic (exact) mass is 187 g/mol. The molecule has 0 bridgehead atoms. The summed E-state index contributed by atoms with van der Waals surface area (Å²) in [5.74, 6) is 0.526. The second kappa shape index (κ2) is 3.40. The predicted octanol–water partition coefficient (Wildman–Crippen LogP) is 1.75. The van der Waals surface area contributed by atoms with Crippen LogP contribution in [0.25, 0.3) is 0 Å². The van der Waals surface area contributed by atoms with E-state index in [0.717, 1.165) is 5.56 Å². The molecule has 1 aromatic rings. The summed E-state index contributed by atoms with van der Waals surface area (Å²) in [6.45, 7) is 3.13. The Hall–Kier alpha value is -0.630. The highest BCUT2D eigenvalue weighted by atomic mass is 31.2. The number of rotatable bonds is 2. The van der Waals surface area contributed by atoms with Crippen molar-refractivity contribution in [3.63, 3.8) is 0 Å². The highest BCUT2D eigenvalue weighted by molar-refractivity contribution is 7.59. The van der Waals surface area contributed by atoms with Crippen LogP contribution in [-0.2, 0) is 0 Å². The van der Waals surface area contributed by atoms with Gasteiger partial charge in [-0.15, -0.1) is 0 Å². The average Bonchev–Trinajstić information content (AvgIpc) is 1.91. The maximum Gasteiger partial charge on any atom is 0.448 e. The second-order valence-corrected chi connectivity index (χ2v) is 4.55. The van der Waals surface area contributed by atoms with Crippen LogP contribution in [0, 0.1) is 6.92 Å². The van der Waals surface area contributed by atoms with Crippen molar-refractivity contribution in [3.05, 3.63) is 29.8 Å². The molecule has 12 heavy (non-hydrogen) atoms. The summed E-state index contributed by atoms with van der Waals surface area (Å²) >= 11 is 0. The first-order valence-electron chi connectivity index (χ1n) is 3.56. The van der Waals surface area contributed by atoms with Crippen LogP contribution in [-0.4, -0.2) is 16.5 Å². The van der Waals surface area contributed by atoms with Crippen molar-refractivity contribution >= 4 is 7.94 Å². The quantitative estimate of drug-likeness (QED) is 0.693. The van der Waals surface area contributed by atoms with E-state index in [9.17, 15) is 0 Å². The Kier molecular flexibility index (Phi) is 2.68. The lowest BCUT2D eigenvalue weighted by molar-refractivity contribution is 0.346. The Bertz CT molecular complexity index is 267. The van der Waals surface area contributed by atoms with Crippen molar-refractivity contribution in [3.8, 4) is 5.75 Å². The summed E-state index contributed by atoms with van der Waals surface area (Å²) in [5, 5.41) is 0. The minimum Gasteiger partial charge on any atom is -0.287 e. The highest BCUT2D eigenvalue weighted by Crippen LogP contribution is 2.47. The third-order valence-electron chi connectivity index (χ3n) is 1.36. The molecular formula is C8H12O3P+. The van der Waals surface area contributed by atoms with Gasteiger partial charge in [-0.05, 0) is 18.6 Å². The summed E-state index contributed by atoms with van der Waals surface area (Å²) < 4.78 is 4.95. The van der Waals surface area contributed by atoms with Crippen LogP contribution >= 0.6 is 7.94 Å². The van der Waals surface area contributed by atoms with Gasteiger partial charge in [-0.2, -0.15) is 9.79 Å². The number of benzene rings is 1. The van der Waals surface area contributed by atoms with Crippen molar-refractivity contribution < 1.29 is 14.3 Å². The van der Waals surface area contributed by atoms with Crippen molar-refractivity contribution in [2.24, 2.45) is 0 Å². The first-order chi connectivity index (χ1) is 5.49. The Morgan fingerprint density at radius 1 is 1.25 bits per heavy atom. The standard InChI is InChI=1S/C8H12O3P/c1-7-5-3-4-6-8(7)11-12(2,9)10/h3-6,9-10H,1-2H3/q+1. The van der Waals surface area contributed by atoms with Crippen LogP contribution in [0.2, 0.25) is 0 Å². The highest BCUT2D eigenvalue weighted by Gasteiger charge is 2.29. The largest absolute Gasteiger partial charge is 0.448 e. The summed E-state index contributed by atoms with van der Waals surface area (Å²) in [6.07, 6.45) is 0.